The van der Waals surface area contributed by atoms with Crippen molar-refractivity contribution < 1.29 is 0 Å². The van der Waals surface area contributed by atoms with Crippen molar-refractivity contribution in [3.8, 4) is 12.1 Å². The standard InChI is InChI=1S/C10H10N4/c1-7-3-4-8(2)14(7)10(6-12)9(13)5-11/h3-4,10,13H,1-2H3/t10-/m1/s1. The molecule has 1 atom stereocenters. The molecule has 0 aliphatic heterocycles. The Bertz CT molecular complexity index is 422. The average Bonchev–Trinajstić information content (AvgIpc) is 2.50. The van der Waals surface area contributed by atoms with Crippen molar-refractivity contribution in [1.82, 2.24) is 4.57 Å². The lowest BCUT2D eigenvalue weighted by atomic mass is 10.2. The Kier molecular flexibility index (Phi) is 2.69. The molecule has 0 amide bonds. The highest BCUT2D eigenvalue weighted by Crippen LogP contribution is 2.15. The van der Waals surface area contributed by atoms with Gasteiger partial charge in [-0.15, -0.1) is 0 Å². The third-order valence-corrected chi connectivity index (χ3v) is 2.10. The Morgan fingerprint density at radius 3 is 2.21 bits per heavy atom. The highest BCUT2D eigenvalue weighted by Gasteiger charge is 2.18. The van der Waals surface area contributed by atoms with Crippen LogP contribution in [0.4, 0.5) is 0 Å². The average molecular weight is 186 g/mol. The molecule has 1 N–H and O–H groups in total. The van der Waals surface area contributed by atoms with E-state index in [1.165, 1.54) is 0 Å². The first-order valence-corrected chi connectivity index (χ1v) is 4.14. The van der Waals surface area contributed by atoms with Crippen LogP contribution < -0.4 is 0 Å². The van der Waals surface area contributed by atoms with E-state index in [2.05, 4.69) is 0 Å². The molecule has 0 aliphatic rings. The highest BCUT2D eigenvalue weighted by molar-refractivity contribution is 6.00. The number of aryl methyl sites for hydroxylation is 2. The summed E-state index contributed by atoms with van der Waals surface area (Å²) < 4.78 is 1.69. The zero-order chi connectivity index (χ0) is 10.7. The first-order chi connectivity index (χ1) is 6.61. The maximum absolute atomic E-state index is 8.89. The van der Waals surface area contributed by atoms with E-state index in [4.69, 9.17) is 15.9 Å². The molecule has 0 aliphatic carbocycles. The summed E-state index contributed by atoms with van der Waals surface area (Å²) in [5, 5.41) is 24.8. The summed E-state index contributed by atoms with van der Waals surface area (Å²) in [5.41, 5.74) is 1.54. The molecule has 0 saturated carbocycles. The molecule has 4 heteroatoms. The van der Waals surface area contributed by atoms with Crippen molar-refractivity contribution in [2.75, 3.05) is 0 Å². The van der Waals surface area contributed by atoms with Gasteiger partial charge in [-0.3, -0.25) is 5.41 Å². The van der Waals surface area contributed by atoms with E-state index in [0.29, 0.717) is 0 Å². The zero-order valence-corrected chi connectivity index (χ0v) is 8.07. The highest BCUT2D eigenvalue weighted by atomic mass is 15.0. The summed E-state index contributed by atoms with van der Waals surface area (Å²) in [6, 6.07) is 6.59. The Hall–Kier alpha value is -2.07. The van der Waals surface area contributed by atoms with Gasteiger partial charge in [0, 0.05) is 11.4 Å². The van der Waals surface area contributed by atoms with Gasteiger partial charge in [0.15, 0.2) is 6.04 Å². The van der Waals surface area contributed by atoms with Gasteiger partial charge in [0.2, 0.25) is 0 Å². The molecule has 0 aromatic carbocycles. The maximum Gasteiger partial charge on any atom is 0.173 e. The molecule has 4 nitrogen and oxygen atoms in total. The Morgan fingerprint density at radius 1 is 1.36 bits per heavy atom. The largest absolute Gasteiger partial charge is 0.327 e. The van der Waals surface area contributed by atoms with Crippen molar-refractivity contribution in [3.63, 3.8) is 0 Å². The van der Waals surface area contributed by atoms with E-state index >= 15 is 0 Å². The monoisotopic (exact) mass is 186 g/mol. The molecule has 1 rings (SSSR count). The third kappa shape index (κ3) is 1.51. The van der Waals surface area contributed by atoms with Gasteiger partial charge in [-0.05, 0) is 26.0 Å². The van der Waals surface area contributed by atoms with Crippen molar-refractivity contribution in [1.29, 1.82) is 15.9 Å². The fourth-order valence-corrected chi connectivity index (χ4v) is 1.40. The summed E-state index contributed by atoms with van der Waals surface area (Å²) >= 11 is 0. The van der Waals surface area contributed by atoms with E-state index in [9.17, 15) is 0 Å². The van der Waals surface area contributed by atoms with Crippen molar-refractivity contribution in [3.05, 3.63) is 23.5 Å². The van der Waals surface area contributed by atoms with E-state index < -0.39 is 6.04 Å². The minimum absolute atomic E-state index is 0.227. The number of rotatable bonds is 2. The smallest absolute Gasteiger partial charge is 0.173 e. The maximum atomic E-state index is 8.89. The second kappa shape index (κ2) is 3.76. The fourth-order valence-electron chi connectivity index (χ4n) is 1.40. The van der Waals surface area contributed by atoms with Crippen molar-refractivity contribution in [2.45, 2.75) is 19.9 Å². The Morgan fingerprint density at radius 2 is 1.86 bits per heavy atom. The van der Waals surface area contributed by atoms with Crippen molar-refractivity contribution >= 4 is 5.71 Å². The second-order valence-electron chi connectivity index (χ2n) is 3.04. The quantitative estimate of drug-likeness (QED) is 0.714. The van der Waals surface area contributed by atoms with Crippen molar-refractivity contribution in [2.24, 2.45) is 0 Å². The Labute approximate surface area is 82.5 Å². The van der Waals surface area contributed by atoms with Crippen LogP contribution in [0.15, 0.2) is 12.1 Å². The lowest BCUT2D eigenvalue weighted by Gasteiger charge is -2.12. The van der Waals surface area contributed by atoms with Gasteiger partial charge in [-0.2, -0.15) is 10.5 Å². The predicted octanol–water partition coefficient (Wildman–Crippen LogP) is 1.71. The molecule has 1 aromatic rings. The molecule has 0 unspecified atom stereocenters. The molecular weight excluding hydrogens is 176 g/mol. The minimum atomic E-state index is -0.796. The van der Waals surface area contributed by atoms with E-state index in [1.54, 1.807) is 10.6 Å². The third-order valence-electron chi connectivity index (χ3n) is 2.10. The van der Waals surface area contributed by atoms with Gasteiger partial charge in [-0.1, -0.05) is 0 Å². The van der Waals surface area contributed by atoms with Gasteiger partial charge in [0.05, 0.1) is 6.07 Å². The molecule has 70 valence electrons. The van der Waals surface area contributed by atoms with Gasteiger partial charge >= 0.3 is 0 Å². The van der Waals surface area contributed by atoms with Crippen LogP contribution in [-0.4, -0.2) is 10.3 Å². The van der Waals surface area contributed by atoms with E-state index in [1.807, 2.05) is 32.0 Å². The summed E-state index contributed by atoms with van der Waals surface area (Å²) in [6.45, 7) is 3.70. The number of hydrogen-bond acceptors (Lipinski definition) is 3. The topological polar surface area (TPSA) is 76.4 Å². The number of nitriles is 2. The van der Waals surface area contributed by atoms with Gasteiger partial charge in [0.1, 0.15) is 11.8 Å². The molecule has 0 bridgehead atoms. The SMILES string of the molecule is Cc1ccc(C)n1[C@H](C#N)C(=N)C#N. The summed E-state index contributed by atoms with van der Waals surface area (Å²) in [7, 11) is 0. The zero-order valence-electron chi connectivity index (χ0n) is 8.07. The minimum Gasteiger partial charge on any atom is -0.327 e. The Balaban J connectivity index is 3.23. The molecule has 0 radical (unpaired) electrons. The number of nitrogens with zero attached hydrogens (tertiary/aromatic N) is 3. The van der Waals surface area contributed by atoms with Crippen LogP contribution in [0, 0.1) is 41.9 Å². The lowest BCUT2D eigenvalue weighted by molar-refractivity contribution is 0.722. The summed E-state index contributed by atoms with van der Waals surface area (Å²) in [6.07, 6.45) is 0. The molecule has 0 fully saturated rings. The second-order valence-corrected chi connectivity index (χ2v) is 3.04. The van der Waals surface area contributed by atoms with Crippen LogP contribution >= 0.6 is 0 Å². The number of nitrogens with one attached hydrogen (secondary N) is 1. The van der Waals surface area contributed by atoms with Gasteiger partial charge in [-0.25, -0.2) is 0 Å². The molecule has 0 spiro atoms. The molecule has 0 saturated heterocycles. The van der Waals surface area contributed by atoms with Crippen LogP contribution in [0.3, 0.4) is 0 Å². The number of aromatic nitrogens is 1. The van der Waals surface area contributed by atoms with E-state index in [0.717, 1.165) is 11.4 Å². The number of hydrogen-bond donors (Lipinski definition) is 1. The van der Waals surface area contributed by atoms with Crippen LogP contribution in [0.1, 0.15) is 17.4 Å². The first-order valence-electron chi connectivity index (χ1n) is 4.14. The van der Waals surface area contributed by atoms with Crippen LogP contribution in [0.5, 0.6) is 0 Å². The molecule has 14 heavy (non-hydrogen) atoms. The summed E-state index contributed by atoms with van der Waals surface area (Å²) in [4.78, 5) is 0. The fraction of sp³-hybridized carbons (Fsp3) is 0.300. The predicted molar refractivity (Wildman–Crippen MR) is 51.9 cm³/mol. The molecule has 1 aromatic heterocycles. The molecular formula is C10H10N4. The van der Waals surface area contributed by atoms with E-state index in [-0.39, 0.29) is 5.71 Å². The first kappa shape index (κ1) is 10.0. The van der Waals surface area contributed by atoms with Gasteiger partial charge in [0.25, 0.3) is 0 Å². The van der Waals surface area contributed by atoms with Crippen LogP contribution in [0.2, 0.25) is 0 Å². The van der Waals surface area contributed by atoms with Crippen LogP contribution in [0.25, 0.3) is 0 Å². The van der Waals surface area contributed by atoms with Crippen LogP contribution in [-0.2, 0) is 0 Å². The lowest BCUT2D eigenvalue weighted by Crippen LogP contribution is -2.17. The van der Waals surface area contributed by atoms with Gasteiger partial charge < -0.3 is 4.57 Å². The normalized spacial score (nSPS) is 11.4. The summed E-state index contributed by atoms with van der Waals surface area (Å²) in [5.74, 6) is 0. The molecule has 1 heterocycles.